The molecule has 0 spiro atoms. The van der Waals surface area contributed by atoms with Gasteiger partial charge in [0.2, 0.25) is 47.3 Å². The minimum absolute atomic E-state index is 0.0616. The third-order valence-electron chi connectivity index (χ3n) is 8.92. The number of carbonyl (C=O) groups excluding carboxylic acids is 8. The van der Waals surface area contributed by atoms with Gasteiger partial charge in [0.15, 0.2) is 0 Å². The van der Waals surface area contributed by atoms with E-state index in [9.17, 15) is 63.3 Å². The van der Waals surface area contributed by atoms with Gasteiger partial charge < -0.3 is 69.5 Å². The number of primary amides is 2. The summed E-state index contributed by atoms with van der Waals surface area (Å²) in [5, 5.41) is 52.2. The molecule has 0 fully saturated rings. The number of phenols is 2. The second-order valence-corrected chi connectivity index (χ2v) is 14.6. The maximum absolute atomic E-state index is 14.1. The lowest BCUT2D eigenvalue weighted by Crippen LogP contribution is -2.60. The van der Waals surface area contributed by atoms with Crippen molar-refractivity contribution in [3.05, 3.63) is 59.7 Å². The first-order chi connectivity index (χ1) is 29.1. The number of aromatic hydroxyl groups is 2. The first-order valence-corrected chi connectivity index (χ1v) is 19.2. The van der Waals surface area contributed by atoms with Crippen LogP contribution in [0.25, 0.3) is 0 Å². The van der Waals surface area contributed by atoms with Crippen LogP contribution in [-0.4, -0.2) is 122 Å². The van der Waals surface area contributed by atoms with Crippen LogP contribution in [0.15, 0.2) is 48.5 Å². The van der Waals surface area contributed by atoms with Gasteiger partial charge in [0, 0.05) is 19.3 Å². The monoisotopic (exact) mass is 871 g/mol. The molecule has 0 radical (unpaired) electrons. The van der Waals surface area contributed by atoms with E-state index in [4.69, 9.17) is 22.3 Å². The number of aliphatic carboxylic acids is 2. The van der Waals surface area contributed by atoms with Crippen LogP contribution in [0.5, 0.6) is 11.5 Å². The Morgan fingerprint density at radius 1 is 0.532 bits per heavy atom. The Kier molecular flexibility index (Phi) is 20.3. The van der Waals surface area contributed by atoms with Crippen LogP contribution < -0.4 is 49.1 Å². The average molecular weight is 872 g/mol. The lowest BCUT2D eigenvalue weighted by Gasteiger charge is -2.28. The molecule has 23 heteroatoms. The maximum Gasteiger partial charge on any atom is 0.305 e. The van der Waals surface area contributed by atoms with Crippen LogP contribution in [0.4, 0.5) is 0 Å². The van der Waals surface area contributed by atoms with Gasteiger partial charge in [-0.2, -0.15) is 0 Å². The Bertz CT molecular complexity index is 1940. The van der Waals surface area contributed by atoms with E-state index < -0.39 is 128 Å². The molecule has 2 aromatic carbocycles. The van der Waals surface area contributed by atoms with E-state index in [0.717, 1.165) is 0 Å². The number of carboxylic acids is 2. The molecular formula is C39H53N9O14. The zero-order chi connectivity index (χ0) is 46.7. The van der Waals surface area contributed by atoms with Crippen LogP contribution in [0, 0.1) is 5.92 Å². The molecule has 16 N–H and O–H groups in total. The summed E-state index contributed by atoms with van der Waals surface area (Å²) in [5.74, 6) is -11.7. The van der Waals surface area contributed by atoms with E-state index in [-0.39, 0.29) is 36.7 Å². The van der Waals surface area contributed by atoms with Crippen LogP contribution in [0.1, 0.15) is 57.1 Å². The molecule has 0 aromatic heterocycles. The van der Waals surface area contributed by atoms with E-state index >= 15 is 0 Å². The van der Waals surface area contributed by atoms with Gasteiger partial charge >= 0.3 is 11.9 Å². The summed E-state index contributed by atoms with van der Waals surface area (Å²) in [6, 6.07) is 1.67. The molecule has 0 saturated heterocycles. The van der Waals surface area contributed by atoms with Crippen LogP contribution in [0.2, 0.25) is 0 Å². The third kappa shape index (κ3) is 18.3. The van der Waals surface area contributed by atoms with Crippen molar-refractivity contribution in [2.45, 2.75) is 95.0 Å². The zero-order valence-electron chi connectivity index (χ0n) is 33.9. The van der Waals surface area contributed by atoms with E-state index in [0.29, 0.717) is 11.1 Å². The number of carbonyl (C=O) groups is 10. The predicted octanol–water partition coefficient (Wildman–Crippen LogP) is -3.50. The van der Waals surface area contributed by atoms with Crippen molar-refractivity contribution in [2.24, 2.45) is 23.1 Å². The highest BCUT2D eigenvalue weighted by Gasteiger charge is 2.34. The second-order valence-electron chi connectivity index (χ2n) is 14.6. The van der Waals surface area contributed by atoms with E-state index in [1.807, 2.05) is 5.32 Å². The summed E-state index contributed by atoms with van der Waals surface area (Å²) in [6.07, 6.45) is -3.48. The number of benzene rings is 2. The highest BCUT2D eigenvalue weighted by atomic mass is 16.4. The van der Waals surface area contributed by atoms with E-state index in [1.54, 1.807) is 13.8 Å². The molecule has 2 rings (SSSR count). The predicted molar refractivity (Wildman–Crippen MR) is 216 cm³/mol. The number of amides is 8. The SMILES string of the molecule is CC(C)C[C@H](NC(=O)[C@H](CCC(=O)O)NC(=O)[C@H](Cc1ccc(O)cc1)NC(=O)[C@H](Cc1ccc(O)cc1)NC(=O)CN)C(=O)N[C@@H](CC(N)=O)C(=O)N[C@@H](CC(=O)O)C(N)=O. The molecule has 2 aromatic rings. The lowest BCUT2D eigenvalue weighted by atomic mass is 10.00. The molecule has 0 aliphatic carbocycles. The lowest BCUT2D eigenvalue weighted by molar-refractivity contribution is -0.141. The molecule has 338 valence electrons. The fourth-order valence-corrected chi connectivity index (χ4v) is 5.82. The highest BCUT2D eigenvalue weighted by molar-refractivity contribution is 5.98. The smallest absolute Gasteiger partial charge is 0.305 e. The van der Waals surface area contributed by atoms with Crippen molar-refractivity contribution in [3.63, 3.8) is 0 Å². The van der Waals surface area contributed by atoms with Gasteiger partial charge in [0.25, 0.3) is 0 Å². The summed E-state index contributed by atoms with van der Waals surface area (Å²) in [4.78, 5) is 127. The number of rotatable bonds is 26. The molecule has 23 nitrogen and oxygen atoms in total. The Labute approximate surface area is 354 Å². The third-order valence-corrected chi connectivity index (χ3v) is 8.92. The Hall–Kier alpha value is -7.30. The quantitative estimate of drug-likeness (QED) is 0.0436. The Morgan fingerprint density at radius 3 is 1.37 bits per heavy atom. The van der Waals surface area contributed by atoms with Crippen molar-refractivity contribution in [1.29, 1.82) is 0 Å². The summed E-state index contributed by atoms with van der Waals surface area (Å²) < 4.78 is 0. The van der Waals surface area contributed by atoms with Crippen LogP contribution >= 0.6 is 0 Å². The fourth-order valence-electron chi connectivity index (χ4n) is 5.82. The van der Waals surface area contributed by atoms with Crippen molar-refractivity contribution in [2.75, 3.05) is 6.54 Å². The molecule has 0 aliphatic rings. The Balaban J connectivity index is 2.46. The maximum atomic E-state index is 14.1. The van der Waals surface area contributed by atoms with Crippen LogP contribution in [0.3, 0.4) is 0 Å². The van der Waals surface area contributed by atoms with Crippen molar-refractivity contribution in [1.82, 2.24) is 31.9 Å². The Morgan fingerprint density at radius 2 is 0.935 bits per heavy atom. The summed E-state index contributed by atoms with van der Waals surface area (Å²) in [5.41, 5.74) is 16.8. The highest BCUT2D eigenvalue weighted by Crippen LogP contribution is 2.15. The van der Waals surface area contributed by atoms with Gasteiger partial charge in [-0.25, -0.2) is 0 Å². The minimum Gasteiger partial charge on any atom is -0.508 e. The summed E-state index contributed by atoms with van der Waals surface area (Å²) in [7, 11) is 0. The average Bonchev–Trinajstić information content (AvgIpc) is 3.18. The number of hydrogen-bond donors (Lipinski definition) is 13. The molecule has 0 bridgehead atoms. The molecule has 0 saturated carbocycles. The molecule has 0 aliphatic heterocycles. The van der Waals surface area contributed by atoms with Gasteiger partial charge in [-0.05, 0) is 54.2 Å². The zero-order valence-corrected chi connectivity index (χ0v) is 33.9. The number of nitrogens with two attached hydrogens (primary N) is 3. The molecule has 62 heavy (non-hydrogen) atoms. The van der Waals surface area contributed by atoms with Gasteiger partial charge in [-0.3, -0.25) is 47.9 Å². The number of phenolic OH excluding ortho intramolecular Hbond substituents is 2. The molecule has 6 atom stereocenters. The van der Waals surface area contributed by atoms with Gasteiger partial charge in [-0.15, -0.1) is 0 Å². The van der Waals surface area contributed by atoms with Gasteiger partial charge in [0.1, 0.15) is 47.8 Å². The normalized spacial score (nSPS) is 13.7. The van der Waals surface area contributed by atoms with E-state index in [1.165, 1.54) is 48.5 Å². The first-order valence-electron chi connectivity index (χ1n) is 19.2. The van der Waals surface area contributed by atoms with Crippen molar-refractivity contribution in [3.8, 4) is 11.5 Å². The molecule has 0 heterocycles. The molecular weight excluding hydrogens is 818 g/mol. The van der Waals surface area contributed by atoms with E-state index in [2.05, 4.69) is 26.6 Å². The minimum atomic E-state index is -1.79. The number of hydrogen-bond acceptors (Lipinski definition) is 13. The van der Waals surface area contributed by atoms with Crippen molar-refractivity contribution >= 4 is 59.2 Å². The number of carboxylic acid groups (broad SMARTS) is 2. The van der Waals surface area contributed by atoms with Crippen LogP contribution in [-0.2, 0) is 60.8 Å². The standard InChI is InChI=1S/C39H53N9O14/c1-19(2)13-26(36(59)48-29(16-30(41)51)39(62)45-25(34(42)57)17-33(55)56)46-35(58)24(11-12-32(53)54)44-38(61)28(15-21-5-9-23(50)10-6-21)47-37(60)27(43-31(52)18-40)14-20-3-7-22(49)8-4-20/h3-10,19,24-29,49-50H,11-18,40H2,1-2H3,(H2,41,51)(H2,42,57)(H,43,52)(H,44,61)(H,45,62)(H,46,58)(H,47,60)(H,48,59)(H,53,54)(H,55,56)/t24-,25-,26-,27-,28-,29-/m0/s1. The molecule has 8 amide bonds. The topological polar surface area (TPSA) is 402 Å². The second kappa shape index (κ2) is 24.7. The fraction of sp³-hybridized carbons (Fsp3) is 0.436. The summed E-state index contributed by atoms with van der Waals surface area (Å²) >= 11 is 0. The largest absolute Gasteiger partial charge is 0.508 e. The van der Waals surface area contributed by atoms with Gasteiger partial charge in [-0.1, -0.05) is 38.1 Å². The summed E-state index contributed by atoms with van der Waals surface area (Å²) in [6.45, 7) is 2.83. The van der Waals surface area contributed by atoms with Crippen molar-refractivity contribution < 1.29 is 68.4 Å². The number of nitrogens with one attached hydrogen (secondary N) is 6. The van der Waals surface area contributed by atoms with Gasteiger partial charge in [0.05, 0.1) is 19.4 Å². The molecule has 0 unspecified atom stereocenters. The first kappa shape index (κ1) is 50.8.